The Morgan fingerprint density at radius 1 is 1.28 bits per heavy atom. The molecule has 0 atom stereocenters. The highest BCUT2D eigenvalue weighted by Crippen LogP contribution is 2.10. The van der Waals surface area contributed by atoms with Crippen molar-refractivity contribution in [2.75, 3.05) is 39.8 Å². The van der Waals surface area contributed by atoms with Crippen molar-refractivity contribution >= 4 is 0 Å². The van der Waals surface area contributed by atoms with Crippen molar-refractivity contribution in [1.29, 1.82) is 0 Å². The fourth-order valence-electron chi connectivity index (χ4n) is 2.57. The predicted octanol–water partition coefficient (Wildman–Crippen LogP) is 2.18. The molecule has 0 aromatic carbocycles. The van der Waals surface area contributed by atoms with Crippen LogP contribution >= 0.6 is 0 Å². The molecule has 0 saturated carbocycles. The van der Waals surface area contributed by atoms with Crippen LogP contribution in [0.1, 0.15) is 46.5 Å². The summed E-state index contributed by atoms with van der Waals surface area (Å²) in [5.74, 6) is 0. The number of piperidine rings is 1. The standard InChI is InChI=1S/C15H33N3/c1-5-10-18-12-7-15(8-13-18)16-9-6-11-17(4)14(2)3/h14-16H,5-13H2,1-4H3. The monoisotopic (exact) mass is 255 g/mol. The Labute approximate surface area is 114 Å². The van der Waals surface area contributed by atoms with Crippen LogP contribution in [-0.4, -0.2) is 61.7 Å². The Morgan fingerprint density at radius 2 is 1.94 bits per heavy atom. The van der Waals surface area contributed by atoms with Crippen LogP contribution in [0.4, 0.5) is 0 Å². The SMILES string of the molecule is CCCN1CCC(NCCCN(C)C(C)C)CC1. The molecule has 1 rings (SSSR count). The zero-order valence-electron chi connectivity index (χ0n) is 12.9. The molecule has 1 heterocycles. The van der Waals surface area contributed by atoms with E-state index in [0.717, 1.165) is 6.04 Å². The summed E-state index contributed by atoms with van der Waals surface area (Å²) < 4.78 is 0. The molecule has 0 bridgehead atoms. The van der Waals surface area contributed by atoms with Gasteiger partial charge in [0.05, 0.1) is 0 Å². The lowest BCUT2D eigenvalue weighted by atomic mass is 10.0. The van der Waals surface area contributed by atoms with Gasteiger partial charge in [0.2, 0.25) is 0 Å². The predicted molar refractivity (Wildman–Crippen MR) is 80.1 cm³/mol. The highest BCUT2D eigenvalue weighted by atomic mass is 15.1. The first-order valence-electron chi connectivity index (χ1n) is 7.79. The van der Waals surface area contributed by atoms with E-state index in [1.165, 1.54) is 58.4 Å². The fraction of sp³-hybridized carbons (Fsp3) is 1.00. The summed E-state index contributed by atoms with van der Waals surface area (Å²) >= 11 is 0. The molecule has 0 unspecified atom stereocenters. The summed E-state index contributed by atoms with van der Waals surface area (Å²) in [6.45, 7) is 13.0. The van der Waals surface area contributed by atoms with Crippen LogP contribution in [0, 0.1) is 0 Å². The van der Waals surface area contributed by atoms with Crippen molar-refractivity contribution in [1.82, 2.24) is 15.1 Å². The van der Waals surface area contributed by atoms with Gasteiger partial charge in [-0.3, -0.25) is 0 Å². The van der Waals surface area contributed by atoms with Crippen LogP contribution < -0.4 is 5.32 Å². The second-order valence-corrected chi connectivity index (χ2v) is 6.00. The van der Waals surface area contributed by atoms with Gasteiger partial charge < -0.3 is 15.1 Å². The Hall–Kier alpha value is -0.120. The Balaban J connectivity index is 2.01. The van der Waals surface area contributed by atoms with Crippen LogP contribution in [-0.2, 0) is 0 Å². The van der Waals surface area contributed by atoms with E-state index in [2.05, 4.69) is 42.9 Å². The normalized spacial score (nSPS) is 19.0. The number of nitrogens with one attached hydrogen (secondary N) is 1. The van der Waals surface area contributed by atoms with E-state index in [4.69, 9.17) is 0 Å². The summed E-state index contributed by atoms with van der Waals surface area (Å²) in [6, 6.07) is 1.43. The summed E-state index contributed by atoms with van der Waals surface area (Å²) in [5, 5.41) is 3.73. The number of rotatable bonds is 8. The number of hydrogen-bond acceptors (Lipinski definition) is 3. The Morgan fingerprint density at radius 3 is 2.50 bits per heavy atom. The van der Waals surface area contributed by atoms with Gasteiger partial charge in [-0.2, -0.15) is 0 Å². The minimum atomic E-state index is 0.669. The van der Waals surface area contributed by atoms with Crippen LogP contribution in [0.15, 0.2) is 0 Å². The van der Waals surface area contributed by atoms with Crippen molar-refractivity contribution < 1.29 is 0 Å². The lowest BCUT2D eigenvalue weighted by molar-refractivity contribution is 0.196. The first-order chi connectivity index (χ1) is 8.63. The molecule has 1 saturated heterocycles. The van der Waals surface area contributed by atoms with E-state index in [9.17, 15) is 0 Å². The maximum Gasteiger partial charge on any atom is 0.00914 e. The van der Waals surface area contributed by atoms with E-state index in [1.807, 2.05) is 0 Å². The van der Waals surface area contributed by atoms with Crippen molar-refractivity contribution in [2.24, 2.45) is 0 Å². The van der Waals surface area contributed by atoms with Gasteiger partial charge in [-0.15, -0.1) is 0 Å². The largest absolute Gasteiger partial charge is 0.314 e. The van der Waals surface area contributed by atoms with Crippen LogP contribution in [0.3, 0.4) is 0 Å². The van der Waals surface area contributed by atoms with E-state index in [0.29, 0.717) is 6.04 Å². The first-order valence-corrected chi connectivity index (χ1v) is 7.79. The van der Waals surface area contributed by atoms with Crippen LogP contribution in [0.2, 0.25) is 0 Å². The molecule has 0 aromatic heterocycles. The summed E-state index contributed by atoms with van der Waals surface area (Å²) in [6.07, 6.45) is 5.23. The van der Waals surface area contributed by atoms with Gasteiger partial charge in [0.1, 0.15) is 0 Å². The molecule has 1 fully saturated rings. The average Bonchev–Trinajstić information content (AvgIpc) is 2.36. The second-order valence-electron chi connectivity index (χ2n) is 6.00. The lowest BCUT2D eigenvalue weighted by Gasteiger charge is -2.32. The average molecular weight is 255 g/mol. The molecule has 1 N–H and O–H groups in total. The fourth-order valence-corrected chi connectivity index (χ4v) is 2.57. The van der Waals surface area contributed by atoms with Crippen molar-refractivity contribution in [3.63, 3.8) is 0 Å². The summed E-state index contributed by atoms with van der Waals surface area (Å²) in [5.41, 5.74) is 0. The molecule has 18 heavy (non-hydrogen) atoms. The molecule has 3 nitrogen and oxygen atoms in total. The van der Waals surface area contributed by atoms with Crippen molar-refractivity contribution in [3.8, 4) is 0 Å². The molecule has 0 aliphatic carbocycles. The van der Waals surface area contributed by atoms with Gasteiger partial charge in [0.15, 0.2) is 0 Å². The van der Waals surface area contributed by atoms with Gasteiger partial charge in [-0.1, -0.05) is 6.92 Å². The van der Waals surface area contributed by atoms with E-state index >= 15 is 0 Å². The smallest absolute Gasteiger partial charge is 0.00914 e. The second kappa shape index (κ2) is 8.89. The molecule has 3 heteroatoms. The maximum absolute atomic E-state index is 3.73. The van der Waals surface area contributed by atoms with Gasteiger partial charge in [-0.05, 0) is 79.3 Å². The maximum atomic E-state index is 3.73. The quantitative estimate of drug-likeness (QED) is 0.671. The highest BCUT2D eigenvalue weighted by molar-refractivity contribution is 4.77. The third-order valence-corrected chi connectivity index (χ3v) is 4.13. The van der Waals surface area contributed by atoms with Gasteiger partial charge in [0.25, 0.3) is 0 Å². The highest BCUT2D eigenvalue weighted by Gasteiger charge is 2.17. The van der Waals surface area contributed by atoms with Crippen LogP contribution in [0.5, 0.6) is 0 Å². The van der Waals surface area contributed by atoms with E-state index in [1.54, 1.807) is 0 Å². The summed E-state index contributed by atoms with van der Waals surface area (Å²) in [4.78, 5) is 5.02. The minimum absolute atomic E-state index is 0.669. The van der Waals surface area contributed by atoms with E-state index in [-0.39, 0.29) is 0 Å². The first kappa shape index (κ1) is 15.9. The molecule has 108 valence electrons. The number of nitrogens with zero attached hydrogens (tertiary/aromatic N) is 2. The topological polar surface area (TPSA) is 18.5 Å². The summed E-state index contributed by atoms with van der Waals surface area (Å²) in [7, 11) is 2.22. The molecule has 1 aliphatic rings. The molecular weight excluding hydrogens is 222 g/mol. The Kier molecular flexibility index (Phi) is 7.87. The molecule has 0 spiro atoms. The van der Waals surface area contributed by atoms with Crippen molar-refractivity contribution in [3.05, 3.63) is 0 Å². The van der Waals surface area contributed by atoms with Gasteiger partial charge >= 0.3 is 0 Å². The van der Waals surface area contributed by atoms with Crippen LogP contribution in [0.25, 0.3) is 0 Å². The molecule has 1 aliphatic heterocycles. The van der Waals surface area contributed by atoms with Gasteiger partial charge in [0, 0.05) is 12.1 Å². The molecule has 0 amide bonds. The van der Waals surface area contributed by atoms with Gasteiger partial charge in [-0.25, -0.2) is 0 Å². The third-order valence-electron chi connectivity index (χ3n) is 4.13. The minimum Gasteiger partial charge on any atom is -0.314 e. The lowest BCUT2D eigenvalue weighted by Crippen LogP contribution is -2.43. The van der Waals surface area contributed by atoms with Crippen molar-refractivity contribution in [2.45, 2.75) is 58.5 Å². The molecule has 0 radical (unpaired) electrons. The van der Waals surface area contributed by atoms with E-state index < -0.39 is 0 Å². The third kappa shape index (κ3) is 6.17. The molecular formula is C15H33N3. The zero-order chi connectivity index (χ0) is 13.4. The zero-order valence-corrected chi connectivity index (χ0v) is 12.9. The number of likely N-dealkylation sites (tertiary alicyclic amines) is 1. The number of hydrogen-bond donors (Lipinski definition) is 1. The molecule has 0 aromatic rings. The Bertz CT molecular complexity index is 198.